The molecule has 0 bridgehead atoms. The molecule has 0 atom stereocenters. The maximum atomic E-state index is 14.4. The van der Waals surface area contributed by atoms with Crippen molar-refractivity contribution in [3.05, 3.63) is 29.1 Å². The van der Waals surface area contributed by atoms with Crippen LogP contribution in [-0.2, 0) is 9.31 Å². The Morgan fingerprint density at radius 2 is 1.76 bits per heavy atom. The van der Waals surface area contributed by atoms with Gasteiger partial charge in [0, 0.05) is 5.46 Å². The Morgan fingerprint density at radius 1 is 1.19 bits per heavy atom. The summed E-state index contributed by atoms with van der Waals surface area (Å²) in [4.78, 5) is 0. The van der Waals surface area contributed by atoms with E-state index < -0.39 is 18.3 Å². The molecular formula is C16H19BFNO2. The van der Waals surface area contributed by atoms with Gasteiger partial charge < -0.3 is 9.31 Å². The molecule has 110 valence electrons. The summed E-state index contributed by atoms with van der Waals surface area (Å²) in [6, 6.07) is 5.24. The quantitative estimate of drug-likeness (QED) is 0.785. The largest absolute Gasteiger partial charge is 0.497 e. The van der Waals surface area contributed by atoms with Crippen LogP contribution in [0.2, 0.25) is 0 Å². The van der Waals surface area contributed by atoms with E-state index in [2.05, 4.69) is 6.07 Å². The molecule has 1 saturated carbocycles. The van der Waals surface area contributed by atoms with Crippen molar-refractivity contribution in [1.29, 1.82) is 5.26 Å². The Balaban J connectivity index is 1.99. The molecule has 3 rings (SSSR count). The summed E-state index contributed by atoms with van der Waals surface area (Å²) in [5.41, 5.74) is 0.617. The number of hydrogen-bond acceptors (Lipinski definition) is 3. The Labute approximate surface area is 125 Å². The van der Waals surface area contributed by atoms with Crippen LogP contribution in [-0.4, -0.2) is 18.3 Å². The molecule has 0 spiro atoms. The zero-order valence-electron chi connectivity index (χ0n) is 12.9. The summed E-state index contributed by atoms with van der Waals surface area (Å²) in [7, 11) is -0.768. The fourth-order valence-electron chi connectivity index (χ4n) is 2.58. The second kappa shape index (κ2) is 4.56. The number of benzene rings is 1. The van der Waals surface area contributed by atoms with Crippen molar-refractivity contribution < 1.29 is 13.7 Å². The van der Waals surface area contributed by atoms with Gasteiger partial charge in [-0.05, 0) is 64.2 Å². The molecule has 0 N–H and O–H groups in total. The highest BCUT2D eigenvalue weighted by molar-refractivity contribution is 6.62. The number of nitriles is 1. The lowest BCUT2D eigenvalue weighted by Gasteiger charge is -2.32. The van der Waals surface area contributed by atoms with E-state index >= 15 is 0 Å². The summed E-state index contributed by atoms with van der Waals surface area (Å²) in [5, 5.41) is 9.30. The van der Waals surface area contributed by atoms with Gasteiger partial charge in [0.25, 0.3) is 0 Å². The summed E-state index contributed by atoms with van der Waals surface area (Å²) in [6.07, 6.45) is 2.06. The van der Waals surface area contributed by atoms with Crippen LogP contribution in [0, 0.1) is 17.1 Å². The van der Waals surface area contributed by atoms with Crippen molar-refractivity contribution in [2.24, 2.45) is 0 Å². The average molecular weight is 287 g/mol. The minimum absolute atomic E-state index is 0.314. The second-order valence-electron chi connectivity index (χ2n) is 6.94. The van der Waals surface area contributed by atoms with E-state index in [9.17, 15) is 9.65 Å². The second-order valence-corrected chi connectivity index (χ2v) is 6.94. The van der Waals surface area contributed by atoms with Gasteiger partial charge in [-0.1, -0.05) is 0 Å². The molecule has 0 aromatic heterocycles. The van der Waals surface area contributed by atoms with Crippen LogP contribution in [0.1, 0.15) is 57.6 Å². The van der Waals surface area contributed by atoms with Crippen LogP contribution >= 0.6 is 0 Å². The van der Waals surface area contributed by atoms with E-state index in [1.807, 2.05) is 27.7 Å². The zero-order chi connectivity index (χ0) is 15.4. The number of rotatable bonds is 2. The minimum atomic E-state index is -0.768. The monoisotopic (exact) mass is 287 g/mol. The third-order valence-corrected chi connectivity index (χ3v) is 4.81. The molecule has 1 aliphatic heterocycles. The van der Waals surface area contributed by atoms with Crippen LogP contribution < -0.4 is 5.46 Å². The van der Waals surface area contributed by atoms with E-state index in [1.54, 1.807) is 6.07 Å². The summed E-state index contributed by atoms with van der Waals surface area (Å²) in [5.74, 6) is -0.0177. The van der Waals surface area contributed by atoms with E-state index in [1.165, 1.54) is 6.07 Å². The molecule has 5 heteroatoms. The van der Waals surface area contributed by atoms with Gasteiger partial charge in [-0.3, -0.25) is 0 Å². The van der Waals surface area contributed by atoms with Crippen molar-refractivity contribution in [1.82, 2.24) is 0 Å². The third kappa shape index (κ3) is 2.37. The Morgan fingerprint density at radius 3 is 2.24 bits per heavy atom. The molecule has 1 aliphatic carbocycles. The van der Waals surface area contributed by atoms with Gasteiger partial charge in [-0.2, -0.15) is 5.26 Å². The van der Waals surface area contributed by atoms with Crippen molar-refractivity contribution in [2.45, 2.75) is 57.7 Å². The van der Waals surface area contributed by atoms with Gasteiger partial charge in [-0.15, -0.1) is 0 Å². The highest BCUT2D eigenvalue weighted by Gasteiger charge is 2.52. The molecule has 2 aliphatic rings. The summed E-state index contributed by atoms with van der Waals surface area (Å²) < 4.78 is 26.2. The molecule has 1 aromatic rings. The van der Waals surface area contributed by atoms with Gasteiger partial charge in [-0.25, -0.2) is 4.39 Å². The number of hydrogen-bond donors (Lipinski definition) is 0. The molecule has 2 fully saturated rings. The molecule has 0 unspecified atom stereocenters. The Hall–Kier alpha value is -1.38. The fraction of sp³-hybridized carbons (Fsp3) is 0.562. The standard InChI is InChI=1S/C16H19BFNO2/c1-15(2)16(3,4)21-17(20-15)13-7-11(9-19)12(8-14(13)18)10-5-6-10/h7-8,10H,5-6H2,1-4H3. The first-order valence-corrected chi connectivity index (χ1v) is 7.34. The Kier molecular flexibility index (Phi) is 3.16. The van der Waals surface area contributed by atoms with Crippen molar-refractivity contribution in [3.63, 3.8) is 0 Å². The van der Waals surface area contributed by atoms with Crippen LogP contribution in [0.3, 0.4) is 0 Å². The van der Waals surface area contributed by atoms with Crippen LogP contribution in [0.5, 0.6) is 0 Å². The summed E-state index contributed by atoms with van der Waals surface area (Å²) in [6.45, 7) is 7.70. The molecule has 21 heavy (non-hydrogen) atoms. The molecule has 3 nitrogen and oxygen atoms in total. The third-order valence-electron chi connectivity index (χ3n) is 4.81. The maximum Gasteiger partial charge on any atom is 0.497 e. The predicted molar refractivity (Wildman–Crippen MR) is 78.8 cm³/mol. The van der Waals surface area contributed by atoms with Crippen molar-refractivity contribution >= 4 is 12.6 Å². The van der Waals surface area contributed by atoms with Gasteiger partial charge in [0.1, 0.15) is 5.82 Å². The number of nitrogens with zero attached hydrogens (tertiary/aromatic N) is 1. The van der Waals surface area contributed by atoms with Gasteiger partial charge >= 0.3 is 7.12 Å². The topological polar surface area (TPSA) is 42.2 Å². The smallest absolute Gasteiger partial charge is 0.399 e. The lowest BCUT2D eigenvalue weighted by atomic mass is 9.77. The van der Waals surface area contributed by atoms with E-state index in [0.717, 1.165) is 18.4 Å². The van der Waals surface area contributed by atoms with E-state index in [0.29, 0.717) is 16.9 Å². The molecule has 0 amide bonds. The average Bonchev–Trinajstić information content (AvgIpc) is 3.17. The van der Waals surface area contributed by atoms with E-state index in [-0.39, 0.29) is 5.82 Å². The molecule has 1 heterocycles. The highest BCUT2D eigenvalue weighted by Crippen LogP contribution is 2.42. The molecular weight excluding hydrogens is 268 g/mol. The summed E-state index contributed by atoms with van der Waals surface area (Å²) >= 11 is 0. The van der Waals surface area contributed by atoms with Crippen LogP contribution in [0.15, 0.2) is 12.1 Å². The normalized spacial score (nSPS) is 23.1. The Bertz CT molecular complexity index is 616. The van der Waals surface area contributed by atoms with E-state index in [4.69, 9.17) is 9.31 Å². The van der Waals surface area contributed by atoms with Crippen molar-refractivity contribution in [2.75, 3.05) is 0 Å². The lowest BCUT2D eigenvalue weighted by Crippen LogP contribution is -2.41. The van der Waals surface area contributed by atoms with Crippen molar-refractivity contribution in [3.8, 4) is 6.07 Å². The molecule has 1 aromatic carbocycles. The van der Waals surface area contributed by atoms with Gasteiger partial charge in [0.05, 0.1) is 22.8 Å². The highest BCUT2D eigenvalue weighted by atomic mass is 19.1. The zero-order valence-corrected chi connectivity index (χ0v) is 12.9. The number of halogens is 1. The van der Waals surface area contributed by atoms with Crippen LogP contribution in [0.25, 0.3) is 0 Å². The fourth-order valence-corrected chi connectivity index (χ4v) is 2.58. The predicted octanol–water partition coefficient (Wildman–Crippen LogP) is 2.87. The van der Waals surface area contributed by atoms with Crippen LogP contribution in [0.4, 0.5) is 4.39 Å². The first kappa shape index (κ1) is 14.6. The molecule has 1 saturated heterocycles. The van der Waals surface area contributed by atoms with Gasteiger partial charge in [0.2, 0.25) is 0 Å². The minimum Gasteiger partial charge on any atom is -0.399 e. The lowest BCUT2D eigenvalue weighted by molar-refractivity contribution is 0.00578. The SMILES string of the molecule is CC1(C)OB(c2cc(C#N)c(C3CC3)cc2F)OC1(C)C. The van der Waals surface area contributed by atoms with Gasteiger partial charge in [0.15, 0.2) is 0 Å². The maximum absolute atomic E-state index is 14.4. The first-order valence-electron chi connectivity index (χ1n) is 7.34. The first-order chi connectivity index (χ1) is 9.75. The molecule has 0 radical (unpaired) electrons.